The van der Waals surface area contributed by atoms with Crippen LogP contribution in [0.4, 0.5) is 0 Å². The Morgan fingerprint density at radius 1 is 1.16 bits per heavy atom. The summed E-state index contributed by atoms with van der Waals surface area (Å²) in [6.07, 6.45) is 5.67. The van der Waals surface area contributed by atoms with Crippen molar-refractivity contribution in [2.45, 2.75) is 45.2 Å². The van der Waals surface area contributed by atoms with E-state index < -0.39 is 0 Å². The summed E-state index contributed by atoms with van der Waals surface area (Å²) in [5.74, 6) is 3.14. The van der Waals surface area contributed by atoms with Gasteiger partial charge in [0.15, 0.2) is 5.96 Å². The van der Waals surface area contributed by atoms with E-state index in [1.165, 1.54) is 24.8 Å². The van der Waals surface area contributed by atoms with Crippen molar-refractivity contribution in [3.63, 3.8) is 0 Å². The zero-order valence-corrected chi connectivity index (χ0v) is 15.3. The first-order chi connectivity index (χ1) is 12.2. The van der Waals surface area contributed by atoms with Gasteiger partial charge < -0.3 is 14.8 Å². The van der Waals surface area contributed by atoms with Crippen LogP contribution in [-0.4, -0.2) is 46.3 Å². The van der Waals surface area contributed by atoms with Gasteiger partial charge in [-0.15, -0.1) is 10.2 Å². The minimum absolute atomic E-state index is 0.682. The quantitative estimate of drug-likeness (QED) is 0.670. The molecule has 1 aromatic heterocycles. The number of nitrogens with zero attached hydrogens (tertiary/aromatic N) is 5. The molecule has 25 heavy (non-hydrogen) atoms. The first-order valence-electron chi connectivity index (χ1n) is 9.14. The van der Waals surface area contributed by atoms with Crippen molar-refractivity contribution >= 4 is 5.96 Å². The van der Waals surface area contributed by atoms with Gasteiger partial charge in [-0.05, 0) is 18.4 Å². The summed E-state index contributed by atoms with van der Waals surface area (Å²) in [5, 5.41) is 12.2. The van der Waals surface area contributed by atoms with Crippen LogP contribution in [0.15, 0.2) is 35.3 Å². The van der Waals surface area contributed by atoms with Crippen molar-refractivity contribution < 1.29 is 0 Å². The first kappa shape index (κ1) is 17.5. The molecule has 1 N–H and O–H groups in total. The number of benzene rings is 1. The first-order valence-corrected chi connectivity index (χ1v) is 9.14. The molecule has 2 aromatic rings. The Kier molecular flexibility index (Phi) is 6.04. The summed E-state index contributed by atoms with van der Waals surface area (Å²) in [5.41, 5.74) is 1.21. The molecular formula is C19H28N6. The van der Waals surface area contributed by atoms with Gasteiger partial charge in [0.2, 0.25) is 0 Å². The fourth-order valence-electron chi connectivity index (χ4n) is 3.12. The molecule has 1 aromatic carbocycles. The molecule has 3 rings (SSSR count). The average Bonchev–Trinajstić information content (AvgIpc) is 2.85. The summed E-state index contributed by atoms with van der Waals surface area (Å²) in [6, 6.07) is 10.3. The van der Waals surface area contributed by atoms with E-state index in [9.17, 15) is 0 Å². The fraction of sp³-hybridized carbons (Fsp3) is 0.526. The van der Waals surface area contributed by atoms with Crippen molar-refractivity contribution in [3.8, 4) is 0 Å². The van der Waals surface area contributed by atoms with Crippen LogP contribution in [0.25, 0.3) is 0 Å². The van der Waals surface area contributed by atoms with E-state index >= 15 is 0 Å². The van der Waals surface area contributed by atoms with Crippen molar-refractivity contribution in [1.82, 2.24) is 25.0 Å². The molecule has 6 heteroatoms. The Morgan fingerprint density at radius 2 is 2.00 bits per heavy atom. The molecule has 0 amide bonds. The van der Waals surface area contributed by atoms with Crippen LogP contribution in [0.3, 0.4) is 0 Å². The Hall–Kier alpha value is -2.37. The van der Waals surface area contributed by atoms with E-state index in [1.807, 2.05) is 37.2 Å². The highest BCUT2D eigenvalue weighted by Gasteiger charge is 2.14. The van der Waals surface area contributed by atoms with Crippen LogP contribution in [0.5, 0.6) is 0 Å². The van der Waals surface area contributed by atoms with Gasteiger partial charge in [0.1, 0.15) is 11.6 Å². The van der Waals surface area contributed by atoms with Crippen LogP contribution in [0.1, 0.15) is 36.5 Å². The van der Waals surface area contributed by atoms with Gasteiger partial charge in [0.05, 0.1) is 6.54 Å². The third-order valence-electron chi connectivity index (χ3n) is 4.50. The Bertz CT molecular complexity index is 689. The molecule has 0 atom stereocenters. The number of aryl methyl sites for hydroxylation is 1. The summed E-state index contributed by atoms with van der Waals surface area (Å²) in [7, 11) is 4.03. The van der Waals surface area contributed by atoms with E-state index in [-0.39, 0.29) is 0 Å². The molecule has 0 saturated carbocycles. The molecule has 0 radical (unpaired) electrons. The minimum Gasteiger partial charge on any atom is -0.356 e. The number of aliphatic imine (C=N–C) groups is 1. The summed E-state index contributed by atoms with van der Waals surface area (Å²) in [6.45, 7) is 2.55. The highest BCUT2D eigenvalue weighted by molar-refractivity contribution is 5.79. The maximum absolute atomic E-state index is 4.70. The molecule has 1 aliphatic rings. The van der Waals surface area contributed by atoms with E-state index in [1.54, 1.807) is 0 Å². The number of nitrogens with one attached hydrogen (secondary N) is 1. The molecule has 134 valence electrons. The Labute approximate surface area is 150 Å². The number of guanidine groups is 1. The normalized spacial score (nSPS) is 14.7. The van der Waals surface area contributed by atoms with Gasteiger partial charge in [-0.3, -0.25) is 0 Å². The lowest BCUT2D eigenvalue weighted by atomic mass is 10.2. The predicted molar refractivity (Wildman–Crippen MR) is 101 cm³/mol. The average molecular weight is 340 g/mol. The molecule has 0 fully saturated rings. The molecule has 0 aliphatic carbocycles. The molecule has 0 unspecified atom stereocenters. The predicted octanol–water partition coefficient (Wildman–Crippen LogP) is 2.25. The van der Waals surface area contributed by atoms with E-state index in [0.717, 1.165) is 43.5 Å². The highest BCUT2D eigenvalue weighted by Crippen LogP contribution is 2.14. The zero-order chi connectivity index (χ0) is 17.5. The molecule has 1 aliphatic heterocycles. The number of rotatable bonds is 5. The molecule has 0 spiro atoms. The molecule has 2 heterocycles. The second-order valence-electron chi connectivity index (χ2n) is 6.69. The van der Waals surface area contributed by atoms with Crippen LogP contribution >= 0.6 is 0 Å². The number of hydrogen-bond donors (Lipinski definition) is 1. The summed E-state index contributed by atoms with van der Waals surface area (Å²) >= 11 is 0. The lowest BCUT2D eigenvalue weighted by Gasteiger charge is -2.17. The van der Waals surface area contributed by atoms with Gasteiger partial charge in [0, 0.05) is 40.0 Å². The van der Waals surface area contributed by atoms with Gasteiger partial charge >= 0.3 is 0 Å². The summed E-state index contributed by atoms with van der Waals surface area (Å²) in [4.78, 5) is 6.72. The second kappa shape index (κ2) is 8.65. The van der Waals surface area contributed by atoms with Crippen LogP contribution in [0, 0.1) is 0 Å². The van der Waals surface area contributed by atoms with E-state index in [2.05, 4.69) is 32.2 Å². The number of aromatic nitrogens is 3. The van der Waals surface area contributed by atoms with Crippen LogP contribution < -0.4 is 5.32 Å². The van der Waals surface area contributed by atoms with Gasteiger partial charge in [0.25, 0.3) is 0 Å². The van der Waals surface area contributed by atoms with E-state index in [0.29, 0.717) is 6.54 Å². The number of hydrogen-bond acceptors (Lipinski definition) is 3. The van der Waals surface area contributed by atoms with Crippen molar-refractivity contribution in [2.24, 2.45) is 4.99 Å². The molecule has 0 bridgehead atoms. The zero-order valence-electron chi connectivity index (χ0n) is 15.3. The maximum Gasteiger partial charge on any atom is 0.193 e. The van der Waals surface area contributed by atoms with Crippen molar-refractivity contribution in [2.75, 3.05) is 20.6 Å². The number of fused-ring (bicyclic) bond motifs is 1. The van der Waals surface area contributed by atoms with Gasteiger partial charge in [-0.1, -0.05) is 36.8 Å². The van der Waals surface area contributed by atoms with Crippen molar-refractivity contribution in [3.05, 3.63) is 47.5 Å². The van der Waals surface area contributed by atoms with Crippen LogP contribution in [-0.2, 0) is 25.9 Å². The highest BCUT2D eigenvalue weighted by atomic mass is 15.3. The molecule has 0 saturated heterocycles. The smallest absolute Gasteiger partial charge is 0.193 e. The lowest BCUT2D eigenvalue weighted by molar-refractivity contribution is 0.568. The molecular weight excluding hydrogens is 312 g/mol. The SMILES string of the molecule is CN(C)C(=NCc1ccccc1)NCCc1nnc2n1CCCCC2. The maximum atomic E-state index is 4.70. The minimum atomic E-state index is 0.682. The monoisotopic (exact) mass is 340 g/mol. The Balaban J connectivity index is 1.56. The largest absolute Gasteiger partial charge is 0.356 e. The van der Waals surface area contributed by atoms with Gasteiger partial charge in [-0.2, -0.15) is 0 Å². The van der Waals surface area contributed by atoms with E-state index in [4.69, 9.17) is 4.99 Å². The van der Waals surface area contributed by atoms with Gasteiger partial charge in [-0.25, -0.2) is 4.99 Å². The third kappa shape index (κ3) is 4.81. The van der Waals surface area contributed by atoms with Crippen molar-refractivity contribution in [1.29, 1.82) is 0 Å². The standard InChI is InChI=1S/C19H28N6/c1-24(2)19(21-15-16-9-5-3-6-10-16)20-13-12-18-23-22-17-11-7-4-8-14-25(17)18/h3,5-6,9-10H,4,7-8,11-15H2,1-2H3,(H,20,21). The van der Waals surface area contributed by atoms with Crippen LogP contribution in [0.2, 0.25) is 0 Å². The topological polar surface area (TPSA) is 58.3 Å². The third-order valence-corrected chi connectivity index (χ3v) is 4.50. The Morgan fingerprint density at radius 3 is 2.80 bits per heavy atom. The second-order valence-corrected chi connectivity index (χ2v) is 6.69. The molecule has 6 nitrogen and oxygen atoms in total. The lowest BCUT2D eigenvalue weighted by Crippen LogP contribution is -2.37. The summed E-state index contributed by atoms with van der Waals surface area (Å²) < 4.78 is 2.31. The fourth-order valence-corrected chi connectivity index (χ4v) is 3.12.